The number of carbonyl (C=O) groups excluding carboxylic acids is 1. The van der Waals surface area contributed by atoms with Gasteiger partial charge in [-0.3, -0.25) is 0 Å². The van der Waals surface area contributed by atoms with Crippen molar-refractivity contribution < 1.29 is 90.7 Å². The fraction of sp³-hybridized carbons (Fsp3) is 0.864. The normalized spacial score (nSPS) is 34.3. The van der Waals surface area contributed by atoms with E-state index in [1.165, 1.54) is 0 Å². The first-order valence-corrected chi connectivity index (χ1v) is 11.6. The molecule has 4 bridgehead atoms. The zero-order chi connectivity index (χ0) is 33.2. The molecule has 3 unspecified atom stereocenters. The summed E-state index contributed by atoms with van der Waals surface area (Å²) < 4.78 is 218. The Morgan fingerprint density at radius 1 is 0.595 bits per heavy atom. The van der Waals surface area contributed by atoms with Crippen LogP contribution in [0, 0.1) is 16.2 Å². The summed E-state index contributed by atoms with van der Waals surface area (Å²) in [6.07, 6.45) is -47.2. The van der Waals surface area contributed by atoms with E-state index in [1.807, 2.05) is 0 Å². The molecule has 244 valence electrons. The number of ether oxygens (including phenoxy) is 1. The van der Waals surface area contributed by atoms with Gasteiger partial charge in [-0.15, -0.1) is 0 Å². The molecule has 0 heterocycles. The Hall–Kier alpha value is -1.96. The summed E-state index contributed by atoms with van der Waals surface area (Å²) in [7, 11) is 0. The molecular weight excluding hydrogens is 629 g/mol. The van der Waals surface area contributed by atoms with Crippen LogP contribution in [0.25, 0.3) is 0 Å². The van der Waals surface area contributed by atoms with Crippen molar-refractivity contribution in [3.05, 3.63) is 12.7 Å². The molecular formula is C22H21F15O5. The van der Waals surface area contributed by atoms with Gasteiger partial charge in [0.25, 0.3) is 11.2 Å². The van der Waals surface area contributed by atoms with E-state index < -0.39 is 114 Å². The van der Waals surface area contributed by atoms with Gasteiger partial charge in [-0.1, -0.05) is 6.58 Å². The summed E-state index contributed by atoms with van der Waals surface area (Å²) in [6.45, 7) is 2.53. The number of rotatable bonds is 5. The van der Waals surface area contributed by atoms with Crippen molar-refractivity contribution in [3.8, 4) is 0 Å². The average molecular weight is 650 g/mol. The highest BCUT2D eigenvalue weighted by atomic mass is 19.4. The number of aliphatic hydroxyl groups is 3. The van der Waals surface area contributed by atoms with Crippen LogP contribution in [-0.4, -0.2) is 74.6 Å². The third-order valence-electron chi connectivity index (χ3n) is 9.26. The molecule has 20 heteroatoms. The van der Waals surface area contributed by atoms with Crippen LogP contribution in [0.5, 0.6) is 0 Å². The van der Waals surface area contributed by atoms with Crippen molar-refractivity contribution in [2.45, 2.75) is 98.7 Å². The summed E-state index contributed by atoms with van der Waals surface area (Å²) >= 11 is 0. The predicted molar refractivity (Wildman–Crippen MR) is 105 cm³/mol. The zero-order valence-corrected chi connectivity index (χ0v) is 20.9. The lowest BCUT2D eigenvalue weighted by Crippen LogP contribution is -2.84. The Kier molecular flexibility index (Phi) is 7.07. The lowest BCUT2D eigenvalue weighted by atomic mass is 9.31. The third kappa shape index (κ3) is 4.08. The molecule has 4 rings (SSSR count). The van der Waals surface area contributed by atoms with Crippen molar-refractivity contribution in [2.75, 3.05) is 0 Å². The highest BCUT2D eigenvalue weighted by molar-refractivity contribution is 5.81. The minimum absolute atomic E-state index is 0.117. The van der Waals surface area contributed by atoms with Crippen molar-refractivity contribution in [1.82, 2.24) is 0 Å². The first kappa shape index (κ1) is 34.5. The van der Waals surface area contributed by atoms with Crippen molar-refractivity contribution >= 4 is 5.97 Å². The molecule has 4 saturated carbocycles. The molecule has 4 aliphatic rings. The number of carbonyl (C=O) groups is 1. The van der Waals surface area contributed by atoms with Crippen molar-refractivity contribution in [1.29, 1.82) is 0 Å². The second kappa shape index (κ2) is 8.60. The minimum atomic E-state index is -7.03. The molecule has 0 saturated heterocycles. The van der Waals surface area contributed by atoms with Crippen LogP contribution in [-0.2, 0) is 9.53 Å². The number of hydrogen-bond acceptors (Lipinski definition) is 5. The lowest BCUT2D eigenvalue weighted by Gasteiger charge is -2.75. The molecule has 0 aliphatic heterocycles. The number of halogens is 15. The molecule has 0 spiro atoms. The van der Waals surface area contributed by atoms with Gasteiger partial charge in [-0.05, 0) is 45.4 Å². The monoisotopic (exact) mass is 650 g/mol. The van der Waals surface area contributed by atoms with Gasteiger partial charge in [0.15, 0.2) is 5.60 Å². The molecule has 42 heavy (non-hydrogen) atoms. The van der Waals surface area contributed by atoms with E-state index >= 15 is 0 Å². The van der Waals surface area contributed by atoms with Gasteiger partial charge in [0, 0.05) is 22.3 Å². The van der Waals surface area contributed by atoms with Gasteiger partial charge in [-0.25, -0.2) is 4.79 Å². The fourth-order valence-corrected chi connectivity index (χ4v) is 8.02. The molecule has 5 nitrogen and oxygen atoms in total. The first-order valence-electron chi connectivity index (χ1n) is 11.6. The second-order valence-corrected chi connectivity index (χ2v) is 11.7. The summed E-state index contributed by atoms with van der Waals surface area (Å²) in [6, 6.07) is 0. The zero-order valence-electron chi connectivity index (χ0n) is 20.9. The largest absolute Gasteiger partial charge is 0.456 e. The Labute approximate surface area is 225 Å². The molecule has 0 aromatic rings. The lowest BCUT2D eigenvalue weighted by molar-refractivity contribution is -0.473. The van der Waals surface area contributed by atoms with Crippen molar-refractivity contribution in [3.63, 3.8) is 0 Å². The van der Waals surface area contributed by atoms with Crippen LogP contribution in [0.1, 0.15) is 45.4 Å². The first-order chi connectivity index (χ1) is 18.2. The van der Waals surface area contributed by atoms with Gasteiger partial charge < -0.3 is 20.1 Å². The highest BCUT2D eigenvalue weighted by Crippen LogP contribution is 2.82. The molecule has 0 aromatic heterocycles. The number of alkyl halides is 15. The number of hydrogen-bond donors (Lipinski definition) is 3. The van der Waals surface area contributed by atoms with Crippen LogP contribution in [0.2, 0.25) is 0 Å². The molecule has 3 atom stereocenters. The second-order valence-electron chi connectivity index (χ2n) is 11.7. The smallest absolute Gasteiger partial charge is 0.426 e. The van der Waals surface area contributed by atoms with E-state index in [0.29, 0.717) is 0 Å². The summed E-state index contributed by atoms with van der Waals surface area (Å²) in [5, 5.41) is 31.4. The minimum Gasteiger partial charge on any atom is -0.456 e. The van der Waals surface area contributed by atoms with E-state index in [4.69, 9.17) is 4.74 Å². The van der Waals surface area contributed by atoms with Gasteiger partial charge in [0.05, 0.1) is 0 Å². The van der Waals surface area contributed by atoms with Crippen LogP contribution in [0.4, 0.5) is 65.9 Å². The molecule has 4 fully saturated rings. The van der Waals surface area contributed by atoms with Gasteiger partial charge in [-0.2, -0.15) is 65.9 Å². The van der Waals surface area contributed by atoms with Crippen LogP contribution < -0.4 is 0 Å². The summed E-state index contributed by atoms with van der Waals surface area (Å²) in [4.78, 5) is 12.1. The fourth-order valence-electron chi connectivity index (χ4n) is 8.02. The molecule has 0 aromatic carbocycles. The van der Waals surface area contributed by atoms with Crippen LogP contribution >= 0.6 is 0 Å². The van der Waals surface area contributed by atoms with E-state index in [0.717, 1.165) is 0 Å². The number of esters is 1. The quantitative estimate of drug-likeness (QED) is 0.199. The highest BCUT2D eigenvalue weighted by Gasteiger charge is 2.92. The maximum absolute atomic E-state index is 14.2. The van der Waals surface area contributed by atoms with Crippen LogP contribution in [0.3, 0.4) is 0 Å². The summed E-state index contributed by atoms with van der Waals surface area (Å²) in [5.41, 5.74) is -33.7. The van der Waals surface area contributed by atoms with E-state index in [9.17, 15) is 86.0 Å². The molecule has 0 amide bonds. The van der Waals surface area contributed by atoms with Crippen LogP contribution in [0.15, 0.2) is 12.7 Å². The summed E-state index contributed by atoms with van der Waals surface area (Å²) in [5.74, 6) is -1.89. The van der Waals surface area contributed by atoms with Gasteiger partial charge in [0.2, 0.25) is 0 Å². The Balaban J connectivity index is 2.64. The van der Waals surface area contributed by atoms with E-state index in [2.05, 4.69) is 6.58 Å². The van der Waals surface area contributed by atoms with Crippen molar-refractivity contribution in [2.24, 2.45) is 16.2 Å². The Morgan fingerprint density at radius 2 is 0.881 bits per heavy atom. The third-order valence-corrected chi connectivity index (χ3v) is 9.26. The molecule has 3 N–H and O–H groups in total. The Bertz CT molecular complexity index is 1050. The topological polar surface area (TPSA) is 87.0 Å². The van der Waals surface area contributed by atoms with Gasteiger partial charge in [0.1, 0.15) is 5.60 Å². The average Bonchev–Trinajstić information content (AvgIpc) is 2.72. The predicted octanol–water partition coefficient (Wildman–Crippen LogP) is 5.82. The standard InChI is InChI=1S/C22H21F15O5/c1-3-10(38)42-15-7-12(11(2,39)18(23,24)25)4-13(8-15,16(40,19(26,27)28)20(29,30)31)6-14(5-12,9-15)17(41,21(32,33)34)22(35,36)37/h3,39-41H,1,4-9H2,2H3. The molecule has 4 aliphatic carbocycles. The SMILES string of the molecule is C=CC(=O)OC12CC3(C(C)(O)C(F)(F)F)CC(C(O)(C(F)(F)F)C(F)(F)F)(C1)CC(C(O)(C(F)(F)F)C(F)(F)F)(C2)C3. The van der Waals surface area contributed by atoms with E-state index in [-0.39, 0.29) is 13.0 Å². The Morgan fingerprint density at radius 3 is 1.14 bits per heavy atom. The van der Waals surface area contributed by atoms with Gasteiger partial charge >= 0.3 is 36.9 Å². The maximum Gasteiger partial charge on any atom is 0.426 e. The molecule has 0 radical (unpaired) electrons. The maximum atomic E-state index is 14.2. The van der Waals surface area contributed by atoms with E-state index in [1.54, 1.807) is 0 Å².